The number of nitrogens with zero attached hydrogens (tertiary/aromatic N) is 3. The molecule has 8 nitrogen and oxygen atoms in total. The fourth-order valence-corrected chi connectivity index (χ4v) is 4.42. The second-order valence-electron chi connectivity index (χ2n) is 7.21. The van der Waals surface area contributed by atoms with Crippen molar-refractivity contribution in [1.82, 2.24) is 19.4 Å². The van der Waals surface area contributed by atoms with Gasteiger partial charge in [0.25, 0.3) is 0 Å². The lowest BCUT2D eigenvalue weighted by atomic mass is 9.86. The first-order chi connectivity index (χ1) is 11.1. The molecule has 0 bridgehead atoms. The molecule has 3 amide bonds. The smallest absolute Gasteiger partial charge is 0.317 e. The molecule has 1 N–H and O–H groups in total. The lowest BCUT2D eigenvalue weighted by Gasteiger charge is -2.33. The van der Waals surface area contributed by atoms with Crippen LogP contribution in [0.4, 0.5) is 4.79 Å². The van der Waals surface area contributed by atoms with Crippen molar-refractivity contribution in [3.63, 3.8) is 0 Å². The fourth-order valence-electron chi connectivity index (χ4n) is 3.50. The third kappa shape index (κ3) is 4.18. The number of urea groups is 1. The molecule has 0 unspecified atom stereocenters. The Morgan fingerprint density at radius 2 is 1.92 bits per heavy atom. The van der Waals surface area contributed by atoms with Gasteiger partial charge in [0, 0.05) is 57.1 Å². The number of hydrogen-bond donors (Lipinski definition) is 1. The summed E-state index contributed by atoms with van der Waals surface area (Å²) in [6.07, 6.45) is 1.46. The predicted octanol–water partition coefficient (Wildman–Crippen LogP) is -0.0798. The minimum atomic E-state index is -3.38. The Balaban J connectivity index is 2.28. The summed E-state index contributed by atoms with van der Waals surface area (Å²) in [6, 6.07) is -0.206. The molecule has 1 spiro atoms. The van der Waals surface area contributed by atoms with E-state index in [2.05, 4.69) is 5.32 Å². The molecule has 0 saturated carbocycles. The van der Waals surface area contributed by atoms with Gasteiger partial charge in [-0.15, -0.1) is 0 Å². The van der Waals surface area contributed by atoms with Crippen molar-refractivity contribution in [3.05, 3.63) is 0 Å². The minimum Gasteiger partial charge on any atom is -0.342 e. The van der Waals surface area contributed by atoms with E-state index in [1.54, 1.807) is 9.80 Å². The van der Waals surface area contributed by atoms with Crippen LogP contribution in [0.15, 0.2) is 0 Å². The highest BCUT2D eigenvalue weighted by atomic mass is 32.2. The number of likely N-dealkylation sites (tertiary alicyclic amines) is 1. The van der Waals surface area contributed by atoms with Gasteiger partial charge >= 0.3 is 6.03 Å². The van der Waals surface area contributed by atoms with Crippen molar-refractivity contribution in [2.24, 2.45) is 5.41 Å². The van der Waals surface area contributed by atoms with Crippen LogP contribution in [-0.4, -0.2) is 86.0 Å². The number of rotatable bonds is 3. The normalized spacial score (nSPS) is 26.3. The van der Waals surface area contributed by atoms with Crippen molar-refractivity contribution in [2.45, 2.75) is 33.2 Å². The van der Waals surface area contributed by atoms with E-state index in [1.807, 2.05) is 20.8 Å². The monoisotopic (exact) mass is 360 g/mol. The molecule has 1 atom stereocenters. The maximum absolute atomic E-state index is 12.4. The third-order valence-corrected chi connectivity index (χ3v) is 5.86. The molecule has 24 heavy (non-hydrogen) atoms. The van der Waals surface area contributed by atoms with Crippen LogP contribution in [0.2, 0.25) is 0 Å². The van der Waals surface area contributed by atoms with Crippen molar-refractivity contribution < 1.29 is 18.0 Å². The molecule has 0 aromatic carbocycles. The number of hydrogen-bond acceptors (Lipinski definition) is 4. The van der Waals surface area contributed by atoms with Crippen molar-refractivity contribution in [2.75, 3.05) is 45.5 Å². The third-order valence-electron chi connectivity index (χ3n) is 4.61. The lowest BCUT2D eigenvalue weighted by Crippen LogP contribution is -2.49. The SMILES string of the molecule is CCN1C[C@]2(CC1=O)CN(C(=O)NC(C)C)CCN(S(C)(=O)=O)C2. The molecule has 0 aromatic rings. The van der Waals surface area contributed by atoms with Crippen LogP contribution in [0.25, 0.3) is 0 Å². The van der Waals surface area contributed by atoms with Crippen molar-refractivity contribution in [3.8, 4) is 0 Å². The first kappa shape index (κ1) is 19.0. The van der Waals surface area contributed by atoms with E-state index < -0.39 is 15.4 Å². The molecule has 9 heteroatoms. The zero-order valence-corrected chi connectivity index (χ0v) is 15.7. The van der Waals surface area contributed by atoms with Gasteiger partial charge < -0.3 is 15.1 Å². The van der Waals surface area contributed by atoms with Crippen LogP contribution in [0.1, 0.15) is 27.2 Å². The Morgan fingerprint density at radius 1 is 1.25 bits per heavy atom. The van der Waals surface area contributed by atoms with E-state index in [-0.39, 0.29) is 37.5 Å². The van der Waals surface area contributed by atoms with Gasteiger partial charge in [0.2, 0.25) is 15.9 Å². The highest BCUT2D eigenvalue weighted by Gasteiger charge is 2.48. The summed E-state index contributed by atoms with van der Waals surface area (Å²) in [5.74, 6) is 0.0251. The molecule has 0 aromatic heterocycles. The van der Waals surface area contributed by atoms with Crippen LogP contribution < -0.4 is 5.32 Å². The molecule has 2 heterocycles. The fraction of sp³-hybridized carbons (Fsp3) is 0.867. The summed E-state index contributed by atoms with van der Waals surface area (Å²) in [7, 11) is -3.38. The summed E-state index contributed by atoms with van der Waals surface area (Å²) in [4.78, 5) is 28.1. The van der Waals surface area contributed by atoms with E-state index in [4.69, 9.17) is 0 Å². The highest BCUT2D eigenvalue weighted by Crippen LogP contribution is 2.35. The molecule has 138 valence electrons. The van der Waals surface area contributed by atoms with Gasteiger partial charge in [-0.3, -0.25) is 4.79 Å². The lowest BCUT2D eigenvalue weighted by molar-refractivity contribution is -0.127. The van der Waals surface area contributed by atoms with Gasteiger partial charge in [0.15, 0.2) is 0 Å². The first-order valence-corrected chi connectivity index (χ1v) is 10.2. The van der Waals surface area contributed by atoms with Gasteiger partial charge in [0.05, 0.1) is 6.26 Å². The molecule has 2 fully saturated rings. The average Bonchev–Trinajstić information content (AvgIpc) is 2.63. The molecule has 2 rings (SSSR count). The zero-order chi connectivity index (χ0) is 18.1. The number of nitrogens with one attached hydrogen (secondary N) is 1. The molecule has 2 saturated heterocycles. The molecule has 2 aliphatic rings. The summed E-state index contributed by atoms with van der Waals surface area (Å²) in [5, 5.41) is 2.86. The molecular formula is C15H28N4O4S. The average molecular weight is 360 g/mol. The predicted molar refractivity (Wildman–Crippen MR) is 91.0 cm³/mol. The Bertz CT molecular complexity index is 607. The second-order valence-corrected chi connectivity index (χ2v) is 9.19. The Morgan fingerprint density at radius 3 is 2.42 bits per heavy atom. The molecule has 0 aliphatic carbocycles. The van der Waals surface area contributed by atoms with Gasteiger partial charge in [0.1, 0.15) is 0 Å². The Hall–Kier alpha value is -1.35. The first-order valence-electron chi connectivity index (χ1n) is 8.35. The van der Waals surface area contributed by atoms with Crippen molar-refractivity contribution in [1.29, 1.82) is 0 Å². The van der Waals surface area contributed by atoms with Gasteiger partial charge in [-0.2, -0.15) is 4.31 Å². The number of carbonyl (C=O) groups is 2. The maximum atomic E-state index is 12.4. The number of sulfonamides is 1. The summed E-state index contributed by atoms with van der Waals surface area (Å²) < 4.78 is 25.6. The van der Waals surface area contributed by atoms with Crippen LogP contribution in [0.5, 0.6) is 0 Å². The maximum Gasteiger partial charge on any atom is 0.317 e. The molecule has 2 aliphatic heterocycles. The minimum absolute atomic E-state index is 0.0000594. The second kappa shape index (κ2) is 6.87. The Labute approximate surface area is 144 Å². The Kier molecular flexibility index (Phi) is 5.44. The van der Waals surface area contributed by atoms with Gasteiger partial charge in [-0.05, 0) is 20.8 Å². The van der Waals surface area contributed by atoms with Crippen LogP contribution >= 0.6 is 0 Å². The van der Waals surface area contributed by atoms with E-state index >= 15 is 0 Å². The van der Waals surface area contributed by atoms with E-state index in [0.29, 0.717) is 26.2 Å². The summed E-state index contributed by atoms with van der Waals surface area (Å²) in [5.41, 5.74) is -0.541. The van der Waals surface area contributed by atoms with Gasteiger partial charge in [-0.1, -0.05) is 0 Å². The van der Waals surface area contributed by atoms with Crippen LogP contribution in [0, 0.1) is 5.41 Å². The van der Waals surface area contributed by atoms with Crippen LogP contribution in [0.3, 0.4) is 0 Å². The van der Waals surface area contributed by atoms with Crippen molar-refractivity contribution >= 4 is 22.0 Å². The highest BCUT2D eigenvalue weighted by molar-refractivity contribution is 7.88. The summed E-state index contributed by atoms with van der Waals surface area (Å²) in [6.45, 7) is 8.00. The van der Waals surface area contributed by atoms with E-state index in [9.17, 15) is 18.0 Å². The zero-order valence-electron chi connectivity index (χ0n) is 14.9. The standard InChI is InChI=1S/C15H28N4O4S/c1-5-17-9-15(8-13(17)20)10-18(14(21)16-12(2)3)6-7-19(11-15)24(4,22)23/h12H,5-11H2,1-4H3,(H,16,21)/t15-/m1/s1. The molecular weight excluding hydrogens is 332 g/mol. The molecule has 0 radical (unpaired) electrons. The van der Waals surface area contributed by atoms with E-state index in [1.165, 1.54) is 10.6 Å². The van der Waals surface area contributed by atoms with Gasteiger partial charge in [-0.25, -0.2) is 13.2 Å². The number of amides is 3. The van der Waals surface area contributed by atoms with E-state index in [0.717, 1.165) is 0 Å². The summed E-state index contributed by atoms with van der Waals surface area (Å²) >= 11 is 0. The topological polar surface area (TPSA) is 90.0 Å². The largest absolute Gasteiger partial charge is 0.342 e. The quantitative estimate of drug-likeness (QED) is 0.762. The van der Waals surface area contributed by atoms with Crippen LogP contribution in [-0.2, 0) is 14.8 Å². The number of carbonyl (C=O) groups excluding carboxylic acids is 2.